The first kappa shape index (κ1) is 24.4. The molecule has 3 aromatic rings. The highest BCUT2D eigenvalue weighted by Gasteiger charge is 2.26. The smallest absolute Gasteiger partial charge is 0.265 e. The third-order valence-electron chi connectivity index (χ3n) is 6.19. The Bertz CT molecular complexity index is 1550. The number of rotatable bonds is 6. The highest BCUT2D eigenvalue weighted by molar-refractivity contribution is 5.80. The number of alkyl halides is 2. The van der Waals surface area contributed by atoms with E-state index in [0.29, 0.717) is 28.3 Å². The summed E-state index contributed by atoms with van der Waals surface area (Å²) in [5, 5.41) is 8.43. The maximum atomic E-state index is 13.9. The Labute approximate surface area is 208 Å². The molecular formula is C26H20F5N5O. The Balaban J connectivity index is 1.62. The van der Waals surface area contributed by atoms with Crippen LogP contribution in [-0.4, -0.2) is 31.4 Å². The van der Waals surface area contributed by atoms with Crippen molar-refractivity contribution < 1.29 is 26.7 Å². The molecule has 2 aliphatic heterocycles. The highest BCUT2D eigenvalue weighted by Crippen LogP contribution is 2.39. The molecule has 11 heteroatoms. The van der Waals surface area contributed by atoms with E-state index in [-0.39, 0.29) is 17.0 Å². The fourth-order valence-corrected chi connectivity index (χ4v) is 4.26. The summed E-state index contributed by atoms with van der Waals surface area (Å²) in [5.41, 5.74) is 2.43. The number of imidazole rings is 1. The molecule has 0 saturated carbocycles. The largest absolute Gasteiger partial charge is 0.495 e. The quantitative estimate of drug-likeness (QED) is 0.192. The van der Waals surface area contributed by atoms with E-state index < -0.39 is 29.9 Å². The second kappa shape index (κ2) is 9.30. The molecule has 6 nitrogen and oxygen atoms in total. The minimum absolute atomic E-state index is 0.0420. The Morgan fingerprint density at radius 2 is 1.65 bits per heavy atom. The zero-order valence-electron chi connectivity index (χ0n) is 19.9. The van der Waals surface area contributed by atoms with Crippen molar-refractivity contribution in [1.29, 1.82) is 0 Å². The molecule has 0 spiro atoms. The number of fused-ring (bicyclic) bond motifs is 1. The van der Waals surface area contributed by atoms with E-state index in [1.165, 1.54) is 17.7 Å². The molecule has 2 aromatic carbocycles. The van der Waals surface area contributed by atoms with Crippen molar-refractivity contribution >= 4 is 0 Å². The van der Waals surface area contributed by atoms with E-state index in [1.54, 1.807) is 36.0 Å². The van der Waals surface area contributed by atoms with Crippen LogP contribution in [0.2, 0.25) is 0 Å². The number of halogens is 5. The van der Waals surface area contributed by atoms with Crippen molar-refractivity contribution in [3.63, 3.8) is 0 Å². The number of aromatic nitrogens is 5. The van der Waals surface area contributed by atoms with Crippen molar-refractivity contribution in [3.8, 4) is 34.1 Å². The summed E-state index contributed by atoms with van der Waals surface area (Å²) in [7, 11) is 1.51. The second-order valence-electron chi connectivity index (χ2n) is 8.55. The molecule has 2 aliphatic rings. The van der Waals surface area contributed by atoms with Crippen LogP contribution in [0.1, 0.15) is 36.2 Å². The zero-order valence-corrected chi connectivity index (χ0v) is 19.9. The first-order valence-electron chi connectivity index (χ1n) is 11.2. The lowest BCUT2D eigenvalue weighted by Crippen LogP contribution is -2.13. The summed E-state index contributed by atoms with van der Waals surface area (Å²) >= 11 is 0. The molecule has 5 rings (SSSR count). The molecule has 0 fully saturated rings. The van der Waals surface area contributed by atoms with Crippen molar-refractivity contribution in [1.82, 2.24) is 24.3 Å². The number of aryl methyl sites for hydroxylation is 1. The van der Waals surface area contributed by atoms with E-state index in [4.69, 9.17) is 4.74 Å². The van der Waals surface area contributed by atoms with Gasteiger partial charge in [0.2, 0.25) is 0 Å². The van der Waals surface area contributed by atoms with Gasteiger partial charge in [-0.2, -0.15) is 0 Å². The van der Waals surface area contributed by atoms with Crippen LogP contribution in [0, 0.1) is 24.4 Å². The van der Waals surface area contributed by atoms with E-state index in [0.717, 1.165) is 24.0 Å². The Morgan fingerprint density at radius 1 is 0.919 bits per heavy atom. The van der Waals surface area contributed by atoms with E-state index in [1.807, 2.05) is 13.1 Å². The Kier molecular flexibility index (Phi) is 6.14. The van der Waals surface area contributed by atoms with Crippen LogP contribution in [0.3, 0.4) is 0 Å². The molecule has 1 aromatic heterocycles. The zero-order chi connectivity index (χ0) is 26.4. The van der Waals surface area contributed by atoms with Gasteiger partial charge >= 0.3 is 0 Å². The van der Waals surface area contributed by atoms with Gasteiger partial charge in [-0.15, -0.1) is 10.2 Å². The number of pyridine rings is 1. The van der Waals surface area contributed by atoms with E-state index >= 15 is 0 Å². The van der Waals surface area contributed by atoms with Gasteiger partial charge in [-0.25, -0.2) is 26.9 Å². The van der Waals surface area contributed by atoms with Crippen molar-refractivity contribution in [3.05, 3.63) is 89.4 Å². The van der Waals surface area contributed by atoms with Crippen LogP contribution < -0.4 is 4.74 Å². The van der Waals surface area contributed by atoms with E-state index in [2.05, 4.69) is 15.2 Å². The molecule has 37 heavy (non-hydrogen) atoms. The Morgan fingerprint density at radius 3 is 2.27 bits per heavy atom. The van der Waals surface area contributed by atoms with Crippen LogP contribution in [0.5, 0.6) is 5.75 Å². The van der Waals surface area contributed by atoms with Gasteiger partial charge < -0.3 is 13.9 Å². The number of benzene rings is 2. The molecule has 190 valence electrons. The van der Waals surface area contributed by atoms with Gasteiger partial charge in [0, 0.05) is 29.1 Å². The minimum Gasteiger partial charge on any atom is -0.495 e. The van der Waals surface area contributed by atoms with E-state index in [9.17, 15) is 22.0 Å². The van der Waals surface area contributed by atoms with Crippen LogP contribution in [0.4, 0.5) is 22.0 Å². The fraction of sp³-hybridized carbons (Fsp3) is 0.192. The van der Waals surface area contributed by atoms with Crippen LogP contribution >= 0.6 is 0 Å². The topological polar surface area (TPSA) is 57.8 Å². The number of nitrogens with zero attached hydrogens (tertiary/aromatic N) is 5. The van der Waals surface area contributed by atoms with Crippen LogP contribution in [0.15, 0.2) is 55.1 Å². The molecule has 0 N–H and O–H groups in total. The van der Waals surface area contributed by atoms with Gasteiger partial charge in [-0.3, -0.25) is 0 Å². The lowest BCUT2D eigenvalue weighted by atomic mass is 10.0. The maximum Gasteiger partial charge on any atom is 0.265 e. The standard InChI is InChI=1S/C26H20F5N5O/c1-13-10-35(12-32-13)21-5-4-15(9-22(21)37-3)24-18-6-17(25(30)31)11-36(26(18)34-33-24)14(2)16-7-19(27)23(29)20(28)8-16/h4-12,14,25H,1-3H3/t14-/m1/s1. The normalized spacial score (nSPS) is 12.5. The van der Waals surface area contributed by atoms with Gasteiger partial charge in [0.1, 0.15) is 11.4 Å². The summed E-state index contributed by atoms with van der Waals surface area (Å²) in [5.74, 6) is -3.65. The average molecular weight is 513 g/mol. The van der Waals surface area contributed by atoms with Gasteiger partial charge in [-0.1, -0.05) is 6.07 Å². The Hall–Kier alpha value is -4.28. The van der Waals surface area contributed by atoms with Crippen molar-refractivity contribution in [2.75, 3.05) is 7.11 Å². The van der Waals surface area contributed by atoms with Gasteiger partial charge in [0.25, 0.3) is 6.43 Å². The summed E-state index contributed by atoms with van der Waals surface area (Å²) in [6, 6.07) is 7.33. The first-order valence-corrected chi connectivity index (χ1v) is 11.2. The molecule has 0 aliphatic carbocycles. The van der Waals surface area contributed by atoms with Gasteiger partial charge in [0.15, 0.2) is 23.3 Å². The molecule has 3 heterocycles. The van der Waals surface area contributed by atoms with Crippen LogP contribution in [0.25, 0.3) is 28.3 Å². The summed E-state index contributed by atoms with van der Waals surface area (Å²) in [6.07, 6.45) is 1.79. The van der Waals surface area contributed by atoms with Crippen LogP contribution in [-0.2, 0) is 0 Å². The predicted octanol–water partition coefficient (Wildman–Crippen LogP) is 6.52. The lowest BCUT2D eigenvalue weighted by molar-refractivity contribution is 0.150. The molecule has 0 radical (unpaired) electrons. The summed E-state index contributed by atoms with van der Waals surface area (Å²) in [4.78, 5) is 4.22. The molecular weight excluding hydrogens is 493 g/mol. The maximum absolute atomic E-state index is 13.9. The number of ether oxygens (including phenoxy) is 1. The number of hydrogen-bond acceptors (Lipinski definition) is 4. The van der Waals surface area contributed by atoms with Crippen molar-refractivity contribution in [2.45, 2.75) is 26.3 Å². The predicted molar refractivity (Wildman–Crippen MR) is 126 cm³/mol. The van der Waals surface area contributed by atoms with Crippen molar-refractivity contribution in [2.24, 2.45) is 0 Å². The third-order valence-corrected chi connectivity index (χ3v) is 6.19. The number of methoxy groups -OCH3 is 1. The highest BCUT2D eigenvalue weighted by atomic mass is 19.3. The SMILES string of the molecule is COc1cc(-c2nnc3n([C@H](C)c4cc(F)c(F)c(F)c4)cc(C(F)F)cc2-3)ccc1-n1cnc(C)c1. The molecule has 0 unspecified atom stereocenters. The average Bonchev–Trinajstić information content (AvgIpc) is 3.51. The fourth-order valence-electron chi connectivity index (χ4n) is 4.26. The lowest BCUT2D eigenvalue weighted by Gasteiger charge is -2.21. The third kappa shape index (κ3) is 4.30. The summed E-state index contributed by atoms with van der Waals surface area (Å²) < 4.78 is 77.7. The van der Waals surface area contributed by atoms with Gasteiger partial charge in [0.05, 0.1) is 30.9 Å². The molecule has 0 saturated heterocycles. The number of hydrogen-bond donors (Lipinski definition) is 0. The first-order chi connectivity index (χ1) is 17.7. The molecule has 0 amide bonds. The molecule has 0 bridgehead atoms. The molecule has 1 atom stereocenters. The van der Waals surface area contributed by atoms with Gasteiger partial charge in [-0.05, 0) is 49.7 Å². The summed E-state index contributed by atoms with van der Waals surface area (Å²) in [6.45, 7) is 3.40. The monoisotopic (exact) mass is 513 g/mol. The minimum atomic E-state index is -2.84. The second-order valence-corrected chi connectivity index (χ2v) is 8.55.